The van der Waals surface area contributed by atoms with Crippen LogP contribution in [0.2, 0.25) is 0 Å². The van der Waals surface area contributed by atoms with Crippen molar-refractivity contribution >= 4 is 11.9 Å². The van der Waals surface area contributed by atoms with Crippen LogP contribution in [0.25, 0.3) is 0 Å². The van der Waals surface area contributed by atoms with Crippen molar-refractivity contribution < 1.29 is 19.4 Å². The molecule has 2 N–H and O–H groups in total. The second-order valence-corrected chi connectivity index (χ2v) is 5.08. The number of carbonyl (C=O) groups excluding carboxylic acids is 1. The molecule has 0 saturated carbocycles. The normalized spacial score (nSPS) is 20.1. The Morgan fingerprint density at radius 3 is 2.76 bits per heavy atom. The van der Waals surface area contributed by atoms with Gasteiger partial charge >= 0.3 is 11.9 Å². The van der Waals surface area contributed by atoms with Crippen LogP contribution in [0.5, 0.6) is 0 Å². The number of carbonyl (C=O) groups is 2. The first-order chi connectivity index (χ1) is 10.1. The number of nitrogens with one attached hydrogen (secondary N) is 1. The van der Waals surface area contributed by atoms with Gasteiger partial charge in [0.15, 0.2) is 0 Å². The van der Waals surface area contributed by atoms with Gasteiger partial charge in [-0.1, -0.05) is 30.3 Å². The smallest absolute Gasteiger partial charge is 0.324 e. The van der Waals surface area contributed by atoms with Gasteiger partial charge in [-0.15, -0.1) is 0 Å². The van der Waals surface area contributed by atoms with Crippen LogP contribution in [0.4, 0.5) is 0 Å². The standard InChI is InChI=1S/C15H20N2O4/c1-21-15(20)12(10-11-6-3-2-4-7-11)16-17-9-5-8-13(17)14(18)19/h2-4,6-7,12-13,16H,5,8-10H2,1H3,(H,18,19)/t12-,13+/m0/s1. The van der Waals surface area contributed by atoms with Crippen molar-refractivity contribution in [3.63, 3.8) is 0 Å². The van der Waals surface area contributed by atoms with E-state index in [1.54, 1.807) is 5.01 Å². The molecule has 0 spiro atoms. The van der Waals surface area contributed by atoms with Crippen LogP contribution in [0, 0.1) is 0 Å². The minimum Gasteiger partial charge on any atom is -0.480 e. The van der Waals surface area contributed by atoms with Crippen molar-refractivity contribution in [2.75, 3.05) is 13.7 Å². The molecular weight excluding hydrogens is 272 g/mol. The number of nitrogens with zero attached hydrogens (tertiary/aromatic N) is 1. The molecule has 2 atom stereocenters. The second-order valence-electron chi connectivity index (χ2n) is 5.08. The van der Waals surface area contributed by atoms with E-state index in [0.29, 0.717) is 19.4 Å². The average Bonchev–Trinajstić information content (AvgIpc) is 2.95. The van der Waals surface area contributed by atoms with Crippen LogP contribution in [0.3, 0.4) is 0 Å². The molecule has 1 heterocycles. The number of methoxy groups -OCH3 is 1. The highest BCUT2D eigenvalue weighted by molar-refractivity contribution is 5.76. The number of carboxylic acid groups (broad SMARTS) is 1. The zero-order valence-electron chi connectivity index (χ0n) is 12.0. The molecule has 1 aromatic carbocycles. The molecular formula is C15H20N2O4. The molecule has 1 fully saturated rings. The van der Waals surface area contributed by atoms with Crippen LogP contribution < -0.4 is 5.43 Å². The van der Waals surface area contributed by atoms with Gasteiger partial charge < -0.3 is 9.84 Å². The number of benzene rings is 1. The highest BCUT2D eigenvalue weighted by atomic mass is 16.5. The highest BCUT2D eigenvalue weighted by Gasteiger charge is 2.33. The predicted octanol–water partition coefficient (Wildman–Crippen LogP) is 0.824. The number of hydrogen-bond donors (Lipinski definition) is 2. The number of ether oxygens (including phenoxy) is 1. The van der Waals surface area contributed by atoms with Gasteiger partial charge in [-0.25, -0.2) is 10.4 Å². The fourth-order valence-corrected chi connectivity index (χ4v) is 2.55. The van der Waals surface area contributed by atoms with Gasteiger partial charge in [0.05, 0.1) is 7.11 Å². The molecule has 1 aliphatic rings. The van der Waals surface area contributed by atoms with E-state index in [-0.39, 0.29) is 0 Å². The van der Waals surface area contributed by atoms with Crippen LogP contribution >= 0.6 is 0 Å². The number of carboxylic acids is 1. The highest BCUT2D eigenvalue weighted by Crippen LogP contribution is 2.16. The molecule has 0 aliphatic carbocycles. The van der Waals surface area contributed by atoms with E-state index < -0.39 is 24.0 Å². The van der Waals surface area contributed by atoms with E-state index in [0.717, 1.165) is 12.0 Å². The van der Waals surface area contributed by atoms with Gasteiger partial charge in [0.2, 0.25) is 0 Å². The van der Waals surface area contributed by atoms with Crippen molar-refractivity contribution in [1.29, 1.82) is 0 Å². The van der Waals surface area contributed by atoms with Gasteiger partial charge in [-0.2, -0.15) is 0 Å². The third-order valence-corrected chi connectivity index (χ3v) is 3.63. The molecule has 6 nitrogen and oxygen atoms in total. The summed E-state index contributed by atoms with van der Waals surface area (Å²) >= 11 is 0. The van der Waals surface area contributed by atoms with Gasteiger partial charge in [-0.3, -0.25) is 9.59 Å². The lowest BCUT2D eigenvalue weighted by molar-refractivity contribution is -0.149. The summed E-state index contributed by atoms with van der Waals surface area (Å²) < 4.78 is 4.82. The summed E-state index contributed by atoms with van der Waals surface area (Å²) in [6, 6.07) is 8.39. The Morgan fingerprint density at radius 2 is 2.14 bits per heavy atom. The van der Waals surface area contributed by atoms with Gasteiger partial charge in [0, 0.05) is 6.54 Å². The summed E-state index contributed by atoms with van der Waals surface area (Å²) in [7, 11) is 1.33. The maximum absolute atomic E-state index is 11.9. The van der Waals surface area contributed by atoms with E-state index in [4.69, 9.17) is 4.74 Å². The fourth-order valence-electron chi connectivity index (χ4n) is 2.55. The molecule has 114 valence electrons. The lowest BCUT2D eigenvalue weighted by Crippen LogP contribution is -2.53. The Kier molecular flexibility index (Phi) is 5.30. The molecule has 2 rings (SSSR count). The van der Waals surface area contributed by atoms with Crippen molar-refractivity contribution in [2.45, 2.75) is 31.3 Å². The summed E-state index contributed by atoms with van der Waals surface area (Å²) in [5, 5.41) is 10.8. The van der Waals surface area contributed by atoms with E-state index in [1.807, 2.05) is 30.3 Å². The minimum atomic E-state index is -0.872. The number of hydrazine groups is 1. The Labute approximate surface area is 123 Å². The molecule has 21 heavy (non-hydrogen) atoms. The van der Waals surface area contributed by atoms with E-state index in [2.05, 4.69) is 5.43 Å². The first kappa shape index (κ1) is 15.5. The van der Waals surface area contributed by atoms with E-state index >= 15 is 0 Å². The third kappa shape index (κ3) is 4.03. The Bertz CT molecular complexity index is 492. The maximum Gasteiger partial charge on any atom is 0.324 e. The summed E-state index contributed by atoms with van der Waals surface area (Å²) in [6.07, 6.45) is 1.83. The van der Waals surface area contributed by atoms with E-state index in [9.17, 15) is 14.7 Å². The van der Waals surface area contributed by atoms with Crippen molar-refractivity contribution in [2.24, 2.45) is 0 Å². The molecule has 0 bridgehead atoms. The molecule has 0 radical (unpaired) electrons. The summed E-state index contributed by atoms with van der Waals surface area (Å²) in [5.74, 6) is -1.27. The van der Waals surface area contributed by atoms with Crippen LogP contribution in [-0.2, 0) is 20.7 Å². The molecule has 1 saturated heterocycles. The van der Waals surface area contributed by atoms with Gasteiger partial charge in [0.1, 0.15) is 12.1 Å². The summed E-state index contributed by atoms with van der Waals surface area (Å²) in [4.78, 5) is 23.1. The lowest BCUT2D eigenvalue weighted by atomic mass is 10.1. The molecule has 1 aromatic rings. The topological polar surface area (TPSA) is 78.9 Å². The maximum atomic E-state index is 11.9. The van der Waals surface area contributed by atoms with Crippen LogP contribution in [0.15, 0.2) is 30.3 Å². The Balaban J connectivity index is 2.06. The van der Waals surface area contributed by atoms with Crippen molar-refractivity contribution in [1.82, 2.24) is 10.4 Å². The van der Waals surface area contributed by atoms with Crippen molar-refractivity contribution in [3.05, 3.63) is 35.9 Å². The minimum absolute atomic E-state index is 0.394. The zero-order chi connectivity index (χ0) is 15.2. The van der Waals surface area contributed by atoms with Crippen LogP contribution in [0.1, 0.15) is 18.4 Å². The predicted molar refractivity (Wildman–Crippen MR) is 76.4 cm³/mol. The largest absolute Gasteiger partial charge is 0.480 e. The number of rotatable bonds is 6. The second kappa shape index (κ2) is 7.19. The SMILES string of the molecule is COC(=O)[C@H](Cc1ccccc1)NN1CCC[C@@H]1C(=O)O. The van der Waals surface area contributed by atoms with Gasteiger partial charge in [-0.05, 0) is 24.8 Å². The van der Waals surface area contributed by atoms with E-state index in [1.165, 1.54) is 7.11 Å². The first-order valence-corrected chi connectivity index (χ1v) is 6.99. The number of aliphatic carboxylic acids is 1. The molecule has 0 aromatic heterocycles. The van der Waals surface area contributed by atoms with Gasteiger partial charge in [0.25, 0.3) is 0 Å². The Morgan fingerprint density at radius 1 is 1.43 bits per heavy atom. The molecule has 1 aliphatic heterocycles. The first-order valence-electron chi connectivity index (χ1n) is 6.99. The Hall–Kier alpha value is -1.92. The quantitative estimate of drug-likeness (QED) is 0.756. The van der Waals surface area contributed by atoms with Crippen LogP contribution in [-0.4, -0.2) is 47.8 Å². The van der Waals surface area contributed by atoms with Crippen molar-refractivity contribution in [3.8, 4) is 0 Å². The monoisotopic (exact) mass is 292 g/mol. The number of hydrogen-bond acceptors (Lipinski definition) is 5. The average molecular weight is 292 g/mol. The zero-order valence-corrected chi connectivity index (χ0v) is 12.0. The molecule has 6 heteroatoms. The summed E-state index contributed by atoms with van der Waals surface area (Å²) in [6.45, 7) is 0.610. The summed E-state index contributed by atoms with van der Waals surface area (Å²) in [5.41, 5.74) is 4.02. The third-order valence-electron chi connectivity index (χ3n) is 3.63. The molecule has 0 unspecified atom stereocenters. The molecule has 0 amide bonds. The lowest BCUT2D eigenvalue weighted by Gasteiger charge is -2.27. The number of esters is 1. The fraction of sp³-hybridized carbons (Fsp3) is 0.467.